The van der Waals surface area contributed by atoms with Crippen LogP contribution in [-0.2, 0) is 0 Å². The number of allylic oxidation sites excluding steroid dienone is 3. The average molecular weight is 305 g/mol. The molecule has 14 heavy (non-hydrogen) atoms. The zero-order valence-electron chi connectivity index (χ0n) is 9.39. The van der Waals surface area contributed by atoms with Crippen LogP contribution in [0.1, 0.15) is 33.6 Å². The summed E-state index contributed by atoms with van der Waals surface area (Å²) < 4.78 is 3.99. The Bertz CT molecular complexity index is 257. The molecule has 0 aromatic carbocycles. The van der Waals surface area contributed by atoms with Crippen molar-refractivity contribution < 1.29 is 0 Å². The molecule has 1 aliphatic rings. The second-order valence-electron chi connectivity index (χ2n) is 3.56. The lowest BCUT2D eigenvalue weighted by Crippen LogP contribution is -2.23. The van der Waals surface area contributed by atoms with Crippen molar-refractivity contribution in [3.63, 3.8) is 0 Å². The van der Waals surface area contributed by atoms with Gasteiger partial charge in [0, 0.05) is 13.1 Å². The highest BCUT2D eigenvalue weighted by atomic mass is 127. The molecule has 1 nitrogen and oxygen atoms in total. The predicted molar refractivity (Wildman–Crippen MR) is 74.1 cm³/mol. The fourth-order valence-corrected chi connectivity index (χ4v) is 3.90. The topological polar surface area (TPSA) is 3.24 Å². The van der Waals surface area contributed by atoms with Crippen LogP contribution in [-0.4, -0.2) is 22.0 Å². The third-order valence-corrected chi connectivity index (χ3v) is 5.07. The van der Waals surface area contributed by atoms with E-state index in [0.717, 1.165) is 0 Å². The Morgan fingerprint density at radius 1 is 1.21 bits per heavy atom. The molecular formula is C12H20IN. The minimum absolute atomic E-state index is 0.137. The first-order chi connectivity index (χ1) is 6.79. The first kappa shape index (κ1) is 12.0. The van der Waals surface area contributed by atoms with Crippen molar-refractivity contribution in [2.45, 2.75) is 33.6 Å². The summed E-state index contributed by atoms with van der Waals surface area (Å²) in [6.07, 6.45) is 6.97. The largest absolute Gasteiger partial charge is 0.367 e. The number of rotatable bonds is 5. The Labute approximate surface area is 97.6 Å². The van der Waals surface area contributed by atoms with Gasteiger partial charge in [-0.25, -0.2) is 0 Å². The number of hydrogen-bond acceptors (Lipinski definition) is 1. The summed E-state index contributed by atoms with van der Waals surface area (Å²) in [5.74, 6) is 0. The molecule has 0 saturated heterocycles. The van der Waals surface area contributed by atoms with Gasteiger partial charge in [0.05, 0.1) is 3.70 Å². The molecule has 0 atom stereocenters. The van der Waals surface area contributed by atoms with Gasteiger partial charge < -0.3 is 4.90 Å². The van der Waals surface area contributed by atoms with E-state index in [1.807, 2.05) is 0 Å². The van der Waals surface area contributed by atoms with Crippen LogP contribution in [0.25, 0.3) is 0 Å². The van der Waals surface area contributed by atoms with Crippen molar-refractivity contribution in [2.75, 3.05) is 13.1 Å². The molecule has 0 aliphatic carbocycles. The van der Waals surface area contributed by atoms with Crippen molar-refractivity contribution in [2.24, 2.45) is 0 Å². The lowest BCUT2D eigenvalue weighted by atomic mass is 10.3. The van der Waals surface area contributed by atoms with Gasteiger partial charge in [-0.2, -0.15) is 0 Å². The standard InChI is InChI=1S/C12H20IN/c1-4-9-14(10-5-2)12-11(3)7-6-8-13-12/h6-8H,4-5,9-10H2,1-3H3. The van der Waals surface area contributed by atoms with Gasteiger partial charge in [0.1, 0.15) is 0 Å². The lowest BCUT2D eigenvalue weighted by Gasteiger charge is -2.26. The van der Waals surface area contributed by atoms with Crippen molar-refractivity contribution in [1.82, 2.24) is 4.90 Å². The molecule has 2 heteroatoms. The van der Waals surface area contributed by atoms with Gasteiger partial charge in [0.2, 0.25) is 0 Å². The zero-order chi connectivity index (χ0) is 10.4. The van der Waals surface area contributed by atoms with Crippen LogP contribution in [0, 0.1) is 0 Å². The zero-order valence-corrected chi connectivity index (χ0v) is 11.5. The van der Waals surface area contributed by atoms with Gasteiger partial charge >= 0.3 is 0 Å². The van der Waals surface area contributed by atoms with Crippen LogP contribution < -0.4 is 0 Å². The van der Waals surface area contributed by atoms with Gasteiger partial charge in [-0.1, -0.05) is 46.7 Å². The van der Waals surface area contributed by atoms with Gasteiger partial charge in [0.25, 0.3) is 0 Å². The lowest BCUT2D eigenvalue weighted by molar-refractivity contribution is 0.369. The third-order valence-electron chi connectivity index (χ3n) is 2.18. The van der Waals surface area contributed by atoms with E-state index < -0.39 is 0 Å². The highest BCUT2D eigenvalue weighted by Crippen LogP contribution is 2.26. The van der Waals surface area contributed by atoms with Crippen molar-refractivity contribution in [3.05, 3.63) is 21.4 Å². The second kappa shape index (κ2) is 6.38. The predicted octanol–water partition coefficient (Wildman–Crippen LogP) is 3.68. The van der Waals surface area contributed by atoms with Gasteiger partial charge in [-0.3, -0.25) is 0 Å². The van der Waals surface area contributed by atoms with Gasteiger partial charge in [0.15, 0.2) is 0 Å². The van der Waals surface area contributed by atoms with Crippen molar-refractivity contribution in [1.29, 1.82) is 0 Å². The van der Waals surface area contributed by atoms with Crippen LogP contribution in [0.3, 0.4) is 0 Å². The molecule has 0 saturated carbocycles. The summed E-state index contributed by atoms with van der Waals surface area (Å²) in [6, 6.07) is 0. The van der Waals surface area contributed by atoms with Crippen LogP contribution >= 0.6 is 20.7 Å². The average Bonchev–Trinajstić information content (AvgIpc) is 2.18. The van der Waals surface area contributed by atoms with E-state index in [0.29, 0.717) is 0 Å². The minimum Gasteiger partial charge on any atom is -0.367 e. The molecule has 0 radical (unpaired) electrons. The normalized spacial score (nSPS) is 15.6. The fraction of sp³-hybridized carbons (Fsp3) is 0.583. The van der Waals surface area contributed by atoms with E-state index in [1.165, 1.54) is 31.5 Å². The van der Waals surface area contributed by atoms with E-state index in [2.05, 4.69) is 41.8 Å². The molecule has 0 spiro atoms. The Morgan fingerprint density at radius 2 is 1.86 bits per heavy atom. The Kier molecular flexibility index (Phi) is 5.45. The van der Waals surface area contributed by atoms with E-state index in [1.54, 1.807) is 3.70 Å². The van der Waals surface area contributed by atoms with Crippen LogP contribution in [0.2, 0.25) is 0 Å². The maximum atomic E-state index is 2.59. The minimum atomic E-state index is 0.137. The van der Waals surface area contributed by atoms with Crippen LogP contribution in [0.4, 0.5) is 0 Å². The molecule has 80 valence electrons. The Balaban J connectivity index is 2.76. The quantitative estimate of drug-likeness (QED) is 0.553. The maximum Gasteiger partial charge on any atom is 0.0731 e. The number of halogens is 1. The molecule has 0 bridgehead atoms. The SMILES string of the molecule is CCCN(CCC)C1=C(C)C=CC=I1. The summed E-state index contributed by atoms with van der Waals surface area (Å²) in [5, 5.41) is 0. The first-order valence-corrected chi connectivity index (χ1v) is 7.71. The molecule has 0 unspecified atom stereocenters. The molecule has 0 amide bonds. The van der Waals surface area contributed by atoms with Gasteiger partial charge in [-0.15, -0.1) is 0 Å². The highest BCUT2D eigenvalue weighted by molar-refractivity contribution is 14.2. The summed E-state index contributed by atoms with van der Waals surface area (Å²) in [4.78, 5) is 2.59. The first-order valence-electron chi connectivity index (χ1n) is 5.38. The number of nitrogens with zero attached hydrogens (tertiary/aromatic N) is 1. The Morgan fingerprint density at radius 3 is 2.36 bits per heavy atom. The maximum absolute atomic E-state index is 2.59. The molecule has 0 fully saturated rings. The smallest absolute Gasteiger partial charge is 0.0731 e. The number of hydrogen-bond donors (Lipinski definition) is 0. The summed E-state index contributed by atoms with van der Waals surface area (Å²) in [6.45, 7) is 9.22. The fourth-order valence-electron chi connectivity index (χ4n) is 1.60. The van der Waals surface area contributed by atoms with Crippen LogP contribution in [0.15, 0.2) is 21.4 Å². The van der Waals surface area contributed by atoms with E-state index in [-0.39, 0.29) is 20.7 Å². The summed E-state index contributed by atoms with van der Waals surface area (Å²) in [5.41, 5.74) is 1.49. The van der Waals surface area contributed by atoms with E-state index in [4.69, 9.17) is 0 Å². The molecule has 1 heterocycles. The molecule has 0 aromatic rings. The molecule has 1 aliphatic heterocycles. The molecule has 1 rings (SSSR count). The molecule has 0 aromatic heterocycles. The third kappa shape index (κ3) is 3.23. The van der Waals surface area contributed by atoms with E-state index in [9.17, 15) is 0 Å². The monoisotopic (exact) mass is 305 g/mol. The summed E-state index contributed by atoms with van der Waals surface area (Å²) in [7, 11) is 0. The molecule has 0 N–H and O–H groups in total. The summed E-state index contributed by atoms with van der Waals surface area (Å²) >= 11 is 0.137. The van der Waals surface area contributed by atoms with Gasteiger partial charge in [-0.05, 0) is 29.4 Å². The van der Waals surface area contributed by atoms with Crippen LogP contribution in [0.5, 0.6) is 0 Å². The second-order valence-corrected chi connectivity index (χ2v) is 5.92. The highest BCUT2D eigenvalue weighted by Gasteiger charge is 2.09. The van der Waals surface area contributed by atoms with Crippen molar-refractivity contribution in [3.8, 4) is 0 Å². The van der Waals surface area contributed by atoms with E-state index >= 15 is 0 Å². The molecular weight excluding hydrogens is 285 g/mol. The van der Waals surface area contributed by atoms with Crippen molar-refractivity contribution >= 4 is 24.7 Å². The Hall–Kier alpha value is -0.120.